The molecule has 0 aliphatic carbocycles. The number of methoxy groups -OCH3 is 1. The maximum Gasteiger partial charge on any atom is 0.323 e. The number of hydrogen-bond acceptors (Lipinski definition) is 4. The Kier molecular flexibility index (Phi) is 7.88. The molecule has 90 valence electrons. The predicted molar refractivity (Wildman–Crippen MR) is 66.3 cm³/mol. The topological polar surface area (TPSA) is 38.3 Å². The minimum Gasteiger partial charge on any atom is -0.468 e. The monoisotopic (exact) mass is 233 g/mol. The maximum atomic E-state index is 11.5. The Balaban J connectivity index is 4.07. The summed E-state index contributed by atoms with van der Waals surface area (Å²) in [6, 6.07) is 0.112. The molecule has 0 radical (unpaired) electrons. The van der Waals surface area contributed by atoms with E-state index in [0.29, 0.717) is 11.3 Å². The predicted octanol–water partition coefficient (Wildman–Crippen LogP) is 2.06. The van der Waals surface area contributed by atoms with Crippen molar-refractivity contribution in [1.29, 1.82) is 0 Å². The molecule has 0 heterocycles. The molecule has 0 aliphatic rings. The van der Waals surface area contributed by atoms with Crippen LogP contribution in [-0.2, 0) is 9.53 Å². The molecular weight excluding hydrogens is 210 g/mol. The lowest BCUT2D eigenvalue weighted by Crippen LogP contribution is -2.43. The van der Waals surface area contributed by atoms with Crippen LogP contribution < -0.4 is 5.32 Å². The van der Waals surface area contributed by atoms with Crippen molar-refractivity contribution in [2.75, 3.05) is 12.9 Å². The van der Waals surface area contributed by atoms with Gasteiger partial charge in [0.25, 0.3) is 0 Å². The number of carbonyl (C=O) groups is 1. The normalized spacial score (nSPS) is 15.1. The van der Waals surface area contributed by atoms with Crippen molar-refractivity contribution in [3.63, 3.8) is 0 Å². The number of esters is 1. The van der Waals surface area contributed by atoms with E-state index < -0.39 is 0 Å². The van der Waals surface area contributed by atoms with Gasteiger partial charge in [0.05, 0.1) is 7.11 Å². The van der Waals surface area contributed by atoms with Gasteiger partial charge in [0, 0.05) is 17.0 Å². The fraction of sp³-hybridized carbons (Fsp3) is 0.909. The molecule has 0 saturated heterocycles. The van der Waals surface area contributed by atoms with Gasteiger partial charge in [0.1, 0.15) is 6.04 Å². The van der Waals surface area contributed by atoms with E-state index in [1.54, 1.807) is 11.8 Å². The number of nitrogens with one attached hydrogen (secondary N) is 1. The Morgan fingerprint density at radius 2 is 2.00 bits per heavy atom. The van der Waals surface area contributed by atoms with Gasteiger partial charge in [-0.1, -0.05) is 27.7 Å². The summed E-state index contributed by atoms with van der Waals surface area (Å²) in [7, 11) is 1.44. The van der Waals surface area contributed by atoms with Crippen molar-refractivity contribution in [2.45, 2.75) is 51.4 Å². The third-order valence-electron chi connectivity index (χ3n) is 2.14. The largest absolute Gasteiger partial charge is 0.468 e. The van der Waals surface area contributed by atoms with Crippen molar-refractivity contribution in [3.05, 3.63) is 0 Å². The summed E-state index contributed by atoms with van der Waals surface area (Å²) in [5.41, 5.74) is 0. The number of rotatable bonds is 7. The van der Waals surface area contributed by atoms with E-state index in [1.165, 1.54) is 7.11 Å². The van der Waals surface area contributed by atoms with Crippen molar-refractivity contribution in [1.82, 2.24) is 5.32 Å². The summed E-state index contributed by atoms with van der Waals surface area (Å²) < 4.78 is 4.76. The molecule has 0 aromatic heterocycles. The van der Waals surface area contributed by atoms with E-state index in [-0.39, 0.29) is 12.0 Å². The molecule has 0 rings (SSSR count). The van der Waals surface area contributed by atoms with Crippen LogP contribution in [0.1, 0.15) is 34.1 Å². The van der Waals surface area contributed by atoms with Crippen LogP contribution in [0.2, 0.25) is 0 Å². The average molecular weight is 233 g/mol. The Bertz CT molecular complexity index is 185. The lowest BCUT2D eigenvalue weighted by atomic mass is 10.3. The summed E-state index contributed by atoms with van der Waals surface area (Å²) in [4.78, 5) is 11.5. The molecule has 0 bridgehead atoms. The minimum atomic E-state index is -0.186. The lowest BCUT2D eigenvalue weighted by Gasteiger charge is -2.20. The summed E-state index contributed by atoms with van der Waals surface area (Å²) in [5.74, 6) is 0.611. The fourth-order valence-corrected chi connectivity index (χ4v) is 2.10. The molecule has 15 heavy (non-hydrogen) atoms. The first-order chi connectivity index (χ1) is 7.01. The molecule has 0 saturated carbocycles. The van der Waals surface area contributed by atoms with E-state index in [2.05, 4.69) is 19.2 Å². The van der Waals surface area contributed by atoms with E-state index >= 15 is 0 Å². The molecule has 0 aliphatic heterocycles. The van der Waals surface area contributed by atoms with Gasteiger partial charge in [-0.05, 0) is 6.42 Å². The summed E-state index contributed by atoms with van der Waals surface area (Å²) in [6.07, 6.45) is 1.13. The Morgan fingerprint density at radius 1 is 1.40 bits per heavy atom. The summed E-state index contributed by atoms with van der Waals surface area (Å²) >= 11 is 1.81. The highest BCUT2D eigenvalue weighted by atomic mass is 32.2. The minimum absolute atomic E-state index is 0.167. The molecular formula is C11H23NO2S. The van der Waals surface area contributed by atoms with Crippen LogP contribution in [0.3, 0.4) is 0 Å². The van der Waals surface area contributed by atoms with E-state index in [9.17, 15) is 4.79 Å². The van der Waals surface area contributed by atoms with Gasteiger partial charge in [-0.25, -0.2) is 0 Å². The Labute approximate surface area is 97.3 Å². The molecule has 0 fully saturated rings. The van der Waals surface area contributed by atoms with Crippen LogP contribution >= 0.6 is 11.8 Å². The van der Waals surface area contributed by atoms with Crippen LogP contribution in [-0.4, -0.2) is 36.2 Å². The van der Waals surface area contributed by atoms with Gasteiger partial charge >= 0.3 is 5.97 Å². The van der Waals surface area contributed by atoms with Gasteiger partial charge in [-0.2, -0.15) is 11.8 Å². The van der Waals surface area contributed by atoms with Gasteiger partial charge < -0.3 is 10.1 Å². The van der Waals surface area contributed by atoms with Crippen LogP contribution in [0.5, 0.6) is 0 Å². The van der Waals surface area contributed by atoms with E-state index in [4.69, 9.17) is 4.74 Å². The van der Waals surface area contributed by atoms with Crippen molar-refractivity contribution in [3.8, 4) is 0 Å². The van der Waals surface area contributed by atoms with Gasteiger partial charge in [0.15, 0.2) is 0 Å². The first-order valence-electron chi connectivity index (χ1n) is 5.46. The molecule has 2 unspecified atom stereocenters. The number of ether oxygens (including phenoxy) is 1. The Morgan fingerprint density at radius 3 is 2.40 bits per heavy atom. The number of thioether (sulfide) groups is 1. The van der Waals surface area contributed by atoms with Gasteiger partial charge in [-0.15, -0.1) is 0 Å². The third-order valence-corrected chi connectivity index (χ3v) is 3.57. The molecule has 0 amide bonds. The highest BCUT2D eigenvalue weighted by Crippen LogP contribution is 2.15. The van der Waals surface area contributed by atoms with Crippen LogP contribution in [0.4, 0.5) is 0 Å². The summed E-state index contributed by atoms with van der Waals surface area (Å²) in [5, 5.41) is 3.80. The van der Waals surface area contributed by atoms with E-state index in [1.807, 2.05) is 13.8 Å². The number of carbonyl (C=O) groups excluding carboxylic acids is 1. The highest BCUT2D eigenvalue weighted by Gasteiger charge is 2.20. The molecule has 3 nitrogen and oxygen atoms in total. The SMILES string of the molecule is CCC(C)SCC(NC(C)C)C(=O)OC. The van der Waals surface area contributed by atoms with Crippen molar-refractivity contribution in [2.24, 2.45) is 0 Å². The zero-order valence-corrected chi connectivity index (χ0v) is 11.2. The maximum absolute atomic E-state index is 11.5. The van der Waals surface area contributed by atoms with Crippen molar-refractivity contribution < 1.29 is 9.53 Å². The van der Waals surface area contributed by atoms with Gasteiger partial charge in [-0.3, -0.25) is 4.79 Å². The van der Waals surface area contributed by atoms with Gasteiger partial charge in [0.2, 0.25) is 0 Å². The third kappa shape index (κ3) is 6.79. The quantitative estimate of drug-likeness (QED) is 0.683. The average Bonchev–Trinajstić information content (AvgIpc) is 2.21. The molecule has 0 aromatic rings. The molecule has 0 aromatic carbocycles. The first-order valence-corrected chi connectivity index (χ1v) is 6.51. The van der Waals surface area contributed by atoms with E-state index in [0.717, 1.165) is 12.2 Å². The second kappa shape index (κ2) is 7.99. The second-order valence-corrected chi connectivity index (χ2v) is 5.42. The molecule has 0 spiro atoms. The van der Waals surface area contributed by atoms with Crippen LogP contribution in [0, 0.1) is 0 Å². The standard InChI is InChI=1S/C11H23NO2S/c1-6-9(4)15-7-10(11(13)14-5)12-8(2)3/h8-10,12H,6-7H2,1-5H3. The van der Waals surface area contributed by atoms with Crippen molar-refractivity contribution >= 4 is 17.7 Å². The smallest absolute Gasteiger partial charge is 0.323 e. The second-order valence-electron chi connectivity index (χ2n) is 3.95. The molecule has 1 N–H and O–H groups in total. The molecule has 2 atom stereocenters. The van der Waals surface area contributed by atoms with Crippen LogP contribution in [0.15, 0.2) is 0 Å². The number of hydrogen-bond donors (Lipinski definition) is 1. The zero-order valence-electron chi connectivity index (χ0n) is 10.4. The van der Waals surface area contributed by atoms with Crippen LogP contribution in [0.25, 0.3) is 0 Å². The first kappa shape index (κ1) is 14.8. The fourth-order valence-electron chi connectivity index (χ4n) is 1.11. The Hall–Kier alpha value is -0.220. The zero-order chi connectivity index (χ0) is 11.8. The summed E-state index contributed by atoms with van der Waals surface area (Å²) in [6.45, 7) is 8.39. The molecule has 4 heteroatoms. The lowest BCUT2D eigenvalue weighted by molar-refractivity contribution is -0.142. The highest BCUT2D eigenvalue weighted by molar-refractivity contribution is 7.99.